The Morgan fingerprint density at radius 2 is 1.89 bits per heavy atom. The molecule has 0 aromatic heterocycles. The molecule has 1 aliphatic carbocycles. The fraction of sp³-hybridized carbons (Fsp3) is 0.368. The van der Waals surface area contributed by atoms with Crippen molar-refractivity contribution >= 4 is 15.7 Å². The maximum absolute atomic E-state index is 14.0. The Labute approximate surface area is 158 Å². The van der Waals surface area contributed by atoms with Crippen LogP contribution in [0.3, 0.4) is 0 Å². The molecule has 0 spiro atoms. The molecule has 5 nitrogen and oxygen atoms in total. The summed E-state index contributed by atoms with van der Waals surface area (Å²) in [6.07, 6.45) is 2.26. The number of nitrogens with zero attached hydrogens (tertiary/aromatic N) is 1. The number of ether oxygens (including phenoxy) is 1. The first-order valence-corrected chi connectivity index (χ1v) is 10.0. The Balaban J connectivity index is 2.00. The molecule has 27 heavy (non-hydrogen) atoms. The maximum atomic E-state index is 14.0. The minimum absolute atomic E-state index is 0.327. The molecule has 0 unspecified atom stereocenters. The summed E-state index contributed by atoms with van der Waals surface area (Å²) in [6, 6.07) is 6.04. The van der Waals surface area contributed by atoms with Gasteiger partial charge in [-0.15, -0.1) is 0 Å². The first kappa shape index (κ1) is 19.6. The van der Waals surface area contributed by atoms with E-state index in [2.05, 4.69) is 9.62 Å². The van der Waals surface area contributed by atoms with Crippen LogP contribution in [-0.4, -0.2) is 40.6 Å². The lowest BCUT2D eigenvalue weighted by molar-refractivity contribution is 0.265. The van der Waals surface area contributed by atoms with Crippen molar-refractivity contribution in [1.29, 1.82) is 0 Å². The van der Waals surface area contributed by atoms with Gasteiger partial charge in [-0.25, -0.2) is 17.2 Å². The normalized spacial score (nSPS) is 16.9. The van der Waals surface area contributed by atoms with Gasteiger partial charge in [0.1, 0.15) is 22.3 Å². The Hall–Kier alpha value is -2.19. The van der Waals surface area contributed by atoms with E-state index in [-0.39, 0.29) is 0 Å². The topological polar surface area (TPSA) is 58.6 Å². The predicted octanol–water partition coefficient (Wildman–Crippen LogP) is 3.19. The molecule has 3 rings (SSSR count). The van der Waals surface area contributed by atoms with Crippen LogP contribution in [0.4, 0.5) is 14.5 Å². The number of hydrogen-bond donors (Lipinski definition) is 1. The third-order valence-electron chi connectivity index (χ3n) is 4.93. The Bertz CT molecular complexity index is 962. The number of sulfonamides is 1. The van der Waals surface area contributed by atoms with E-state index >= 15 is 0 Å². The van der Waals surface area contributed by atoms with Crippen molar-refractivity contribution < 1.29 is 21.9 Å². The molecule has 2 aromatic rings. The number of halogens is 2. The van der Waals surface area contributed by atoms with Gasteiger partial charge in [0, 0.05) is 17.7 Å². The van der Waals surface area contributed by atoms with Gasteiger partial charge >= 0.3 is 0 Å². The summed E-state index contributed by atoms with van der Waals surface area (Å²) in [6.45, 7) is 0. The van der Waals surface area contributed by atoms with Gasteiger partial charge in [0.2, 0.25) is 0 Å². The zero-order valence-corrected chi connectivity index (χ0v) is 16.2. The summed E-state index contributed by atoms with van der Waals surface area (Å²) in [4.78, 5) is 1.54. The van der Waals surface area contributed by atoms with Crippen LogP contribution in [0.15, 0.2) is 35.2 Å². The van der Waals surface area contributed by atoms with Gasteiger partial charge in [0.25, 0.3) is 10.0 Å². The van der Waals surface area contributed by atoms with E-state index in [0.717, 1.165) is 36.1 Å². The largest absolute Gasteiger partial charge is 0.496 e. The van der Waals surface area contributed by atoms with E-state index < -0.39 is 26.6 Å². The third kappa shape index (κ3) is 3.91. The van der Waals surface area contributed by atoms with Crippen LogP contribution >= 0.6 is 0 Å². The molecule has 0 radical (unpaired) electrons. The van der Waals surface area contributed by atoms with E-state index in [4.69, 9.17) is 4.74 Å². The number of hydrogen-bond acceptors (Lipinski definition) is 4. The number of nitrogens with one attached hydrogen (secondary N) is 1. The predicted molar refractivity (Wildman–Crippen MR) is 99.7 cm³/mol. The van der Waals surface area contributed by atoms with Crippen LogP contribution in [0.1, 0.15) is 17.5 Å². The molecule has 0 fully saturated rings. The van der Waals surface area contributed by atoms with Gasteiger partial charge < -0.3 is 9.64 Å². The molecule has 0 bridgehead atoms. The van der Waals surface area contributed by atoms with E-state index in [0.29, 0.717) is 30.0 Å². The van der Waals surface area contributed by atoms with Gasteiger partial charge in [-0.3, -0.25) is 4.72 Å². The molecule has 0 saturated carbocycles. The third-order valence-corrected chi connectivity index (χ3v) is 6.33. The highest BCUT2D eigenvalue weighted by Gasteiger charge is 2.27. The van der Waals surface area contributed by atoms with E-state index in [1.807, 2.05) is 14.1 Å². The van der Waals surface area contributed by atoms with Crippen LogP contribution in [0.2, 0.25) is 0 Å². The van der Waals surface area contributed by atoms with Crippen molar-refractivity contribution in [3.05, 3.63) is 53.1 Å². The number of anilines is 1. The zero-order chi connectivity index (χ0) is 19.8. The van der Waals surface area contributed by atoms with Gasteiger partial charge in [-0.2, -0.15) is 0 Å². The van der Waals surface area contributed by atoms with Gasteiger partial charge in [0.05, 0.1) is 12.8 Å². The zero-order valence-electron chi connectivity index (χ0n) is 15.4. The minimum atomic E-state index is -4.19. The highest BCUT2D eigenvalue weighted by atomic mass is 32.2. The molecule has 2 aromatic carbocycles. The number of likely N-dealkylation sites (N-methyl/N-ethyl adjacent to an activating group) is 1. The summed E-state index contributed by atoms with van der Waals surface area (Å²) in [5, 5.41) is 0. The summed E-state index contributed by atoms with van der Waals surface area (Å²) in [7, 11) is 1.40. The lowest BCUT2D eigenvalue weighted by Crippen LogP contribution is -2.34. The molecule has 1 N–H and O–H groups in total. The molecule has 0 heterocycles. The lowest BCUT2D eigenvalue weighted by atomic mass is 9.86. The van der Waals surface area contributed by atoms with Gasteiger partial charge in [-0.05, 0) is 63.2 Å². The molecule has 8 heteroatoms. The summed E-state index contributed by atoms with van der Waals surface area (Å²) < 4.78 is 60.2. The van der Waals surface area contributed by atoms with Crippen LogP contribution in [0.5, 0.6) is 5.75 Å². The number of rotatable bonds is 5. The van der Waals surface area contributed by atoms with Crippen molar-refractivity contribution in [3.8, 4) is 5.75 Å². The Kier molecular flexibility index (Phi) is 5.39. The summed E-state index contributed by atoms with van der Waals surface area (Å²) in [5.41, 5.74) is 2.19. The molecule has 0 saturated heterocycles. The molecule has 0 amide bonds. The van der Waals surface area contributed by atoms with E-state index in [9.17, 15) is 17.2 Å². The standard InChI is InChI=1S/C19H22F2N2O3S/c1-23(2)13-5-6-14-15(11-13)18(26-3)8-7-17(14)22-27(24,25)19-9-4-12(20)10-16(19)21/h4,7-10,13,22H,5-6,11H2,1-3H3/t13-/m0/s1. The maximum Gasteiger partial charge on any atom is 0.264 e. The second-order valence-electron chi connectivity index (χ2n) is 6.81. The van der Waals surface area contributed by atoms with Gasteiger partial charge in [-0.1, -0.05) is 0 Å². The van der Waals surface area contributed by atoms with Crippen LogP contribution in [0, 0.1) is 11.6 Å². The van der Waals surface area contributed by atoms with Crippen molar-refractivity contribution in [1.82, 2.24) is 4.90 Å². The first-order valence-electron chi connectivity index (χ1n) is 8.56. The quantitative estimate of drug-likeness (QED) is 0.843. The van der Waals surface area contributed by atoms with Crippen molar-refractivity contribution in [2.45, 2.75) is 30.2 Å². The minimum Gasteiger partial charge on any atom is -0.496 e. The fourth-order valence-electron chi connectivity index (χ4n) is 3.45. The van der Waals surface area contributed by atoms with E-state index in [1.54, 1.807) is 19.2 Å². The highest BCUT2D eigenvalue weighted by Crippen LogP contribution is 2.36. The molecule has 1 atom stereocenters. The number of fused-ring (bicyclic) bond motifs is 1. The van der Waals surface area contributed by atoms with Gasteiger partial charge in [0.15, 0.2) is 0 Å². The Morgan fingerprint density at radius 1 is 1.15 bits per heavy atom. The second kappa shape index (κ2) is 7.44. The SMILES string of the molecule is COc1ccc(NS(=O)(=O)c2ccc(F)cc2F)c2c1C[C@@H](N(C)C)CC2. The molecule has 1 aliphatic rings. The second-order valence-corrected chi connectivity index (χ2v) is 8.46. The average molecular weight is 396 g/mol. The van der Waals surface area contributed by atoms with E-state index in [1.165, 1.54) is 0 Å². The number of benzene rings is 2. The summed E-state index contributed by atoms with van der Waals surface area (Å²) >= 11 is 0. The first-order chi connectivity index (χ1) is 12.7. The summed E-state index contributed by atoms with van der Waals surface area (Å²) in [5.74, 6) is -1.26. The van der Waals surface area contributed by atoms with Crippen molar-refractivity contribution in [2.75, 3.05) is 25.9 Å². The highest BCUT2D eigenvalue weighted by molar-refractivity contribution is 7.92. The fourth-order valence-corrected chi connectivity index (χ4v) is 4.60. The van der Waals surface area contributed by atoms with Crippen molar-refractivity contribution in [2.24, 2.45) is 0 Å². The number of methoxy groups -OCH3 is 1. The lowest BCUT2D eigenvalue weighted by Gasteiger charge is -2.32. The molecule has 146 valence electrons. The van der Waals surface area contributed by atoms with Crippen LogP contribution in [0.25, 0.3) is 0 Å². The molecular weight excluding hydrogens is 374 g/mol. The average Bonchev–Trinajstić information content (AvgIpc) is 2.60. The van der Waals surface area contributed by atoms with Crippen LogP contribution < -0.4 is 9.46 Å². The Morgan fingerprint density at radius 3 is 2.52 bits per heavy atom. The smallest absolute Gasteiger partial charge is 0.264 e. The van der Waals surface area contributed by atoms with Crippen LogP contribution in [-0.2, 0) is 22.9 Å². The molecular formula is C19H22F2N2O3S. The monoisotopic (exact) mass is 396 g/mol. The molecule has 0 aliphatic heterocycles. The van der Waals surface area contributed by atoms with Crippen molar-refractivity contribution in [3.63, 3.8) is 0 Å².